The number of rotatable bonds is 4. The quantitative estimate of drug-likeness (QED) is 0.871. The first-order valence-corrected chi connectivity index (χ1v) is 6.09. The fourth-order valence-corrected chi connectivity index (χ4v) is 2.16. The van der Waals surface area contributed by atoms with E-state index in [9.17, 15) is 0 Å². The molecule has 94 valence electrons. The molecule has 0 amide bonds. The predicted octanol–water partition coefficient (Wildman–Crippen LogP) is 2.38. The highest BCUT2D eigenvalue weighted by Crippen LogP contribution is 2.26. The van der Waals surface area contributed by atoms with Crippen molar-refractivity contribution in [3.8, 4) is 5.75 Å². The van der Waals surface area contributed by atoms with E-state index < -0.39 is 0 Å². The molecule has 0 radical (unpaired) electrons. The van der Waals surface area contributed by atoms with Crippen LogP contribution in [-0.2, 0) is 4.74 Å². The summed E-state index contributed by atoms with van der Waals surface area (Å²) in [4.78, 5) is 4.22. The Kier molecular flexibility index (Phi) is 3.84. The summed E-state index contributed by atoms with van der Waals surface area (Å²) in [6.45, 7) is 5.00. The van der Waals surface area contributed by atoms with Gasteiger partial charge in [-0.15, -0.1) is 0 Å². The molecule has 1 N–H and O–H groups in total. The van der Waals surface area contributed by atoms with Gasteiger partial charge in [0.2, 0.25) is 0 Å². The van der Waals surface area contributed by atoms with Gasteiger partial charge in [-0.25, -0.2) is 0 Å². The Bertz CT molecular complexity index is 376. The van der Waals surface area contributed by atoms with Crippen molar-refractivity contribution in [3.63, 3.8) is 0 Å². The highest BCUT2D eigenvalue weighted by atomic mass is 16.5. The fraction of sp³-hybridized carbons (Fsp3) is 0.615. The van der Waals surface area contributed by atoms with Gasteiger partial charge in [-0.2, -0.15) is 0 Å². The zero-order chi connectivity index (χ0) is 12.3. The second kappa shape index (κ2) is 5.36. The number of ether oxygens (including phenoxy) is 2. The topological polar surface area (TPSA) is 43.4 Å². The number of hydrogen-bond acceptors (Lipinski definition) is 4. The summed E-state index contributed by atoms with van der Waals surface area (Å²) < 4.78 is 11.0. The van der Waals surface area contributed by atoms with Crippen molar-refractivity contribution in [3.05, 3.63) is 18.0 Å². The molecular weight excluding hydrogens is 216 g/mol. The number of nitrogens with one attached hydrogen (secondary N) is 1. The minimum atomic E-state index is 0.285. The average Bonchev–Trinajstić information content (AvgIpc) is 2.83. The number of anilines is 1. The van der Waals surface area contributed by atoms with E-state index in [4.69, 9.17) is 9.47 Å². The molecule has 1 aliphatic rings. The summed E-state index contributed by atoms with van der Waals surface area (Å²) in [5.74, 6) is 0.778. The van der Waals surface area contributed by atoms with Crippen LogP contribution < -0.4 is 10.1 Å². The van der Waals surface area contributed by atoms with Gasteiger partial charge in [0.05, 0.1) is 25.1 Å². The van der Waals surface area contributed by atoms with Gasteiger partial charge in [0.15, 0.2) is 5.75 Å². The molecule has 1 aliphatic heterocycles. The van der Waals surface area contributed by atoms with Gasteiger partial charge >= 0.3 is 0 Å². The van der Waals surface area contributed by atoms with E-state index in [2.05, 4.69) is 17.2 Å². The minimum absolute atomic E-state index is 0.285. The molecule has 17 heavy (non-hydrogen) atoms. The molecule has 2 atom stereocenters. The van der Waals surface area contributed by atoms with Crippen molar-refractivity contribution in [2.24, 2.45) is 0 Å². The fourth-order valence-electron chi connectivity index (χ4n) is 2.16. The molecule has 2 heterocycles. The van der Waals surface area contributed by atoms with Gasteiger partial charge in [-0.05, 0) is 32.8 Å². The Hall–Kier alpha value is -1.29. The lowest BCUT2D eigenvalue weighted by Gasteiger charge is -2.22. The van der Waals surface area contributed by atoms with Crippen molar-refractivity contribution >= 4 is 5.69 Å². The Balaban J connectivity index is 2.08. The summed E-state index contributed by atoms with van der Waals surface area (Å²) in [7, 11) is 1.66. The number of nitrogens with zero attached hydrogens (tertiary/aromatic N) is 1. The van der Waals surface area contributed by atoms with E-state index in [0.29, 0.717) is 6.10 Å². The molecule has 1 saturated heterocycles. The van der Waals surface area contributed by atoms with Crippen LogP contribution in [0.4, 0.5) is 5.69 Å². The lowest BCUT2D eigenvalue weighted by Crippen LogP contribution is -2.30. The molecule has 4 nitrogen and oxygen atoms in total. The molecule has 0 aliphatic carbocycles. The predicted molar refractivity (Wildman–Crippen MR) is 67.6 cm³/mol. The first-order chi connectivity index (χ1) is 8.20. The lowest BCUT2D eigenvalue weighted by molar-refractivity contribution is 0.0996. The van der Waals surface area contributed by atoms with Gasteiger partial charge in [0, 0.05) is 18.3 Å². The molecule has 1 aromatic heterocycles. The first kappa shape index (κ1) is 12.2. The molecule has 0 saturated carbocycles. The molecular formula is C13H20N2O2. The van der Waals surface area contributed by atoms with Gasteiger partial charge in [0.25, 0.3) is 0 Å². The average molecular weight is 236 g/mol. The summed E-state index contributed by atoms with van der Waals surface area (Å²) in [6, 6.07) is 2.29. The largest absolute Gasteiger partial charge is 0.493 e. The van der Waals surface area contributed by atoms with Gasteiger partial charge < -0.3 is 14.8 Å². The summed E-state index contributed by atoms with van der Waals surface area (Å²) in [5.41, 5.74) is 1.97. The van der Waals surface area contributed by atoms with Crippen molar-refractivity contribution in [2.75, 3.05) is 19.0 Å². The Morgan fingerprint density at radius 1 is 1.59 bits per heavy atom. The monoisotopic (exact) mass is 236 g/mol. The molecule has 0 aromatic carbocycles. The second-order valence-electron chi connectivity index (χ2n) is 4.51. The Morgan fingerprint density at radius 2 is 2.41 bits per heavy atom. The van der Waals surface area contributed by atoms with E-state index in [1.165, 1.54) is 0 Å². The highest BCUT2D eigenvalue weighted by molar-refractivity contribution is 5.56. The first-order valence-electron chi connectivity index (χ1n) is 6.09. The van der Waals surface area contributed by atoms with Crippen LogP contribution in [0.15, 0.2) is 12.3 Å². The second-order valence-corrected chi connectivity index (χ2v) is 4.51. The third-order valence-corrected chi connectivity index (χ3v) is 3.13. The highest BCUT2D eigenvalue weighted by Gasteiger charge is 2.22. The zero-order valence-corrected chi connectivity index (χ0v) is 10.7. The lowest BCUT2D eigenvalue weighted by atomic mass is 10.1. The third-order valence-electron chi connectivity index (χ3n) is 3.13. The standard InChI is InChI=1S/C13H20N2O2/c1-9-7-11(13(16-3)8-14-9)15-10(2)12-5-4-6-17-12/h7-8,10,12H,4-6H2,1-3H3,(H,14,15). The Morgan fingerprint density at radius 3 is 3.06 bits per heavy atom. The van der Waals surface area contributed by atoms with E-state index >= 15 is 0 Å². The summed E-state index contributed by atoms with van der Waals surface area (Å²) in [6.07, 6.45) is 4.33. The van der Waals surface area contributed by atoms with Crippen LogP contribution in [0.1, 0.15) is 25.5 Å². The van der Waals surface area contributed by atoms with Crippen LogP contribution in [0.5, 0.6) is 5.75 Å². The maximum absolute atomic E-state index is 5.67. The summed E-state index contributed by atoms with van der Waals surface area (Å²) in [5, 5.41) is 3.45. The number of methoxy groups -OCH3 is 1. The molecule has 2 unspecified atom stereocenters. The van der Waals surface area contributed by atoms with Crippen LogP contribution in [0.3, 0.4) is 0 Å². The van der Waals surface area contributed by atoms with E-state index in [-0.39, 0.29) is 6.04 Å². The molecule has 1 aromatic rings. The Labute approximate surface area is 102 Å². The van der Waals surface area contributed by atoms with Crippen LogP contribution in [0.25, 0.3) is 0 Å². The van der Waals surface area contributed by atoms with E-state index in [0.717, 1.165) is 36.6 Å². The van der Waals surface area contributed by atoms with Gasteiger partial charge in [-0.1, -0.05) is 0 Å². The number of aryl methyl sites for hydroxylation is 1. The molecule has 0 spiro atoms. The van der Waals surface area contributed by atoms with Gasteiger partial charge in [-0.3, -0.25) is 4.98 Å². The maximum atomic E-state index is 5.67. The SMILES string of the molecule is COc1cnc(C)cc1NC(C)C1CCCO1. The van der Waals surface area contributed by atoms with Crippen molar-refractivity contribution in [2.45, 2.75) is 38.8 Å². The van der Waals surface area contributed by atoms with Crippen LogP contribution >= 0.6 is 0 Å². The number of pyridine rings is 1. The van der Waals surface area contributed by atoms with Crippen LogP contribution in [0.2, 0.25) is 0 Å². The maximum Gasteiger partial charge on any atom is 0.160 e. The minimum Gasteiger partial charge on any atom is -0.493 e. The van der Waals surface area contributed by atoms with Crippen molar-refractivity contribution in [1.82, 2.24) is 4.98 Å². The number of hydrogen-bond donors (Lipinski definition) is 1. The van der Waals surface area contributed by atoms with Crippen molar-refractivity contribution in [1.29, 1.82) is 0 Å². The van der Waals surface area contributed by atoms with Gasteiger partial charge in [0.1, 0.15) is 0 Å². The molecule has 2 rings (SSSR count). The molecule has 1 fully saturated rings. The zero-order valence-electron chi connectivity index (χ0n) is 10.7. The smallest absolute Gasteiger partial charge is 0.160 e. The molecule has 4 heteroatoms. The normalized spacial score (nSPS) is 21.2. The summed E-state index contributed by atoms with van der Waals surface area (Å²) >= 11 is 0. The van der Waals surface area contributed by atoms with E-state index in [1.807, 2.05) is 13.0 Å². The van der Waals surface area contributed by atoms with E-state index in [1.54, 1.807) is 13.3 Å². The van der Waals surface area contributed by atoms with Crippen LogP contribution in [-0.4, -0.2) is 30.8 Å². The van der Waals surface area contributed by atoms with Crippen LogP contribution in [0, 0.1) is 6.92 Å². The number of aromatic nitrogens is 1. The third kappa shape index (κ3) is 2.88. The molecule has 0 bridgehead atoms. The van der Waals surface area contributed by atoms with Crippen molar-refractivity contribution < 1.29 is 9.47 Å².